The van der Waals surface area contributed by atoms with Crippen LogP contribution in [-0.2, 0) is 27.8 Å². The van der Waals surface area contributed by atoms with Gasteiger partial charge in [0.1, 0.15) is 6.04 Å². The molecular formula is C19H23N3O3S2. The minimum atomic E-state index is -3.45. The zero-order valence-corrected chi connectivity index (χ0v) is 17.1. The smallest absolute Gasteiger partial charge is 0.266 e. The lowest BCUT2D eigenvalue weighted by atomic mass is 10.0. The van der Waals surface area contributed by atoms with Gasteiger partial charge in [0.05, 0.1) is 23.0 Å². The number of carbonyl (C=O) groups excluding carboxylic acids is 1. The van der Waals surface area contributed by atoms with Crippen molar-refractivity contribution in [1.29, 1.82) is 0 Å². The summed E-state index contributed by atoms with van der Waals surface area (Å²) in [5, 5.41) is 0. The first-order chi connectivity index (χ1) is 12.8. The SMILES string of the molecule is C#CCn1c(=NC(=O)C2CCCCN2S(C)(=O)=O)sc2cc(CC)ccc21. The Morgan fingerprint density at radius 2 is 2.19 bits per heavy atom. The van der Waals surface area contributed by atoms with Crippen LogP contribution in [0.3, 0.4) is 0 Å². The number of amides is 1. The molecule has 1 atom stereocenters. The summed E-state index contributed by atoms with van der Waals surface area (Å²) in [5.41, 5.74) is 2.13. The van der Waals surface area contributed by atoms with Gasteiger partial charge >= 0.3 is 0 Å². The predicted octanol–water partition coefficient (Wildman–Crippen LogP) is 2.14. The molecule has 1 aliphatic rings. The minimum Gasteiger partial charge on any atom is -0.305 e. The third kappa shape index (κ3) is 4.15. The van der Waals surface area contributed by atoms with Crippen molar-refractivity contribution in [2.45, 2.75) is 45.2 Å². The summed E-state index contributed by atoms with van der Waals surface area (Å²) in [6, 6.07) is 5.39. The van der Waals surface area contributed by atoms with E-state index in [-0.39, 0.29) is 0 Å². The topological polar surface area (TPSA) is 71.7 Å². The number of rotatable bonds is 4. The van der Waals surface area contributed by atoms with E-state index in [1.165, 1.54) is 21.2 Å². The number of aromatic nitrogens is 1. The number of sulfonamides is 1. The summed E-state index contributed by atoms with van der Waals surface area (Å²) in [6.45, 7) is 2.75. The average molecular weight is 406 g/mol. The molecule has 0 saturated carbocycles. The summed E-state index contributed by atoms with van der Waals surface area (Å²) in [5.74, 6) is 2.19. The maximum atomic E-state index is 12.8. The minimum absolute atomic E-state index is 0.304. The number of fused-ring (bicyclic) bond motifs is 1. The first-order valence-electron chi connectivity index (χ1n) is 8.96. The molecule has 2 aromatic rings. The average Bonchev–Trinajstić information content (AvgIpc) is 2.97. The number of benzene rings is 1. The Labute approximate surface area is 163 Å². The summed E-state index contributed by atoms with van der Waals surface area (Å²) in [4.78, 5) is 17.7. The van der Waals surface area contributed by atoms with Crippen LogP contribution in [0.4, 0.5) is 0 Å². The fourth-order valence-electron chi connectivity index (χ4n) is 3.38. The molecule has 1 aliphatic heterocycles. The Kier molecular flexibility index (Phi) is 5.84. The van der Waals surface area contributed by atoms with Gasteiger partial charge in [0, 0.05) is 6.54 Å². The highest BCUT2D eigenvalue weighted by Gasteiger charge is 2.34. The number of carbonyl (C=O) groups is 1. The molecular weight excluding hydrogens is 382 g/mol. The lowest BCUT2D eigenvalue weighted by Crippen LogP contribution is -2.47. The third-order valence-electron chi connectivity index (χ3n) is 4.78. The van der Waals surface area contributed by atoms with E-state index >= 15 is 0 Å². The van der Waals surface area contributed by atoms with Crippen molar-refractivity contribution in [2.24, 2.45) is 4.99 Å². The Balaban J connectivity index is 2.07. The van der Waals surface area contributed by atoms with E-state index in [9.17, 15) is 13.2 Å². The van der Waals surface area contributed by atoms with Crippen LogP contribution in [0.25, 0.3) is 10.2 Å². The van der Waals surface area contributed by atoms with Gasteiger partial charge in [-0.05, 0) is 37.0 Å². The lowest BCUT2D eigenvalue weighted by molar-refractivity contribution is -0.122. The molecule has 1 fully saturated rings. The molecule has 27 heavy (non-hydrogen) atoms. The van der Waals surface area contributed by atoms with E-state index in [4.69, 9.17) is 6.42 Å². The molecule has 0 N–H and O–H groups in total. The maximum absolute atomic E-state index is 12.8. The Bertz CT molecular complexity index is 1070. The van der Waals surface area contributed by atoms with E-state index in [1.54, 1.807) is 0 Å². The summed E-state index contributed by atoms with van der Waals surface area (Å²) in [7, 11) is -3.45. The zero-order valence-electron chi connectivity index (χ0n) is 15.5. The van der Waals surface area contributed by atoms with Crippen LogP contribution in [0.1, 0.15) is 31.7 Å². The van der Waals surface area contributed by atoms with Crippen LogP contribution in [0, 0.1) is 12.3 Å². The molecule has 0 bridgehead atoms. The number of piperidine rings is 1. The molecule has 1 aromatic heterocycles. The molecule has 1 unspecified atom stereocenters. The van der Waals surface area contributed by atoms with Crippen molar-refractivity contribution >= 4 is 37.5 Å². The van der Waals surface area contributed by atoms with E-state index in [1.807, 2.05) is 16.7 Å². The molecule has 8 heteroatoms. The molecule has 1 amide bonds. The number of thiazole rings is 1. The second-order valence-corrected chi connectivity index (χ2v) is 9.61. The van der Waals surface area contributed by atoms with Crippen LogP contribution >= 0.6 is 11.3 Å². The second-order valence-electron chi connectivity index (χ2n) is 6.67. The van der Waals surface area contributed by atoms with Crippen molar-refractivity contribution in [1.82, 2.24) is 8.87 Å². The van der Waals surface area contributed by atoms with Crippen molar-refractivity contribution in [3.05, 3.63) is 28.6 Å². The second kappa shape index (κ2) is 7.97. The van der Waals surface area contributed by atoms with E-state index in [0.29, 0.717) is 24.3 Å². The Morgan fingerprint density at radius 1 is 1.41 bits per heavy atom. The number of terminal acetylenes is 1. The largest absolute Gasteiger partial charge is 0.305 e. The standard InChI is InChI=1S/C19H23N3O3S2/c1-4-11-21-15-10-9-14(5-2)13-17(15)26-19(21)20-18(23)16-8-6-7-12-22(16)27(3,24)25/h1,9-10,13,16H,5-8,11-12H2,2-3H3. The molecule has 1 aromatic carbocycles. The van der Waals surface area contributed by atoms with Gasteiger partial charge in [-0.25, -0.2) is 8.42 Å². The van der Waals surface area contributed by atoms with E-state index < -0.39 is 22.0 Å². The van der Waals surface area contributed by atoms with Gasteiger partial charge < -0.3 is 4.57 Å². The normalized spacial score (nSPS) is 19.3. The predicted molar refractivity (Wildman–Crippen MR) is 108 cm³/mol. The fourth-order valence-corrected chi connectivity index (χ4v) is 5.60. The van der Waals surface area contributed by atoms with Gasteiger partial charge in [0.15, 0.2) is 4.80 Å². The van der Waals surface area contributed by atoms with Crippen LogP contribution in [0.2, 0.25) is 0 Å². The van der Waals surface area contributed by atoms with Crippen molar-refractivity contribution in [2.75, 3.05) is 12.8 Å². The number of aryl methyl sites for hydroxylation is 1. The van der Waals surface area contributed by atoms with Crippen LogP contribution < -0.4 is 4.80 Å². The summed E-state index contributed by atoms with van der Waals surface area (Å²) in [6.07, 6.45) is 9.64. The van der Waals surface area contributed by atoms with Crippen LogP contribution in [0.15, 0.2) is 23.2 Å². The zero-order chi connectivity index (χ0) is 19.6. The first kappa shape index (κ1) is 19.8. The molecule has 144 valence electrons. The number of hydrogen-bond donors (Lipinski definition) is 0. The first-order valence-corrected chi connectivity index (χ1v) is 11.6. The highest BCUT2D eigenvalue weighted by Crippen LogP contribution is 2.22. The van der Waals surface area contributed by atoms with E-state index in [2.05, 4.69) is 23.9 Å². The number of hydrogen-bond acceptors (Lipinski definition) is 4. The molecule has 0 spiro atoms. The van der Waals surface area contributed by atoms with Crippen molar-refractivity contribution in [3.8, 4) is 12.3 Å². The Hall–Kier alpha value is -1.95. The summed E-state index contributed by atoms with van der Waals surface area (Å²) >= 11 is 1.41. The van der Waals surface area contributed by atoms with Gasteiger partial charge in [-0.3, -0.25) is 4.79 Å². The molecule has 0 aliphatic carbocycles. The highest BCUT2D eigenvalue weighted by atomic mass is 32.2. The van der Waals surface area contributed by atoms with Crippen molar-refractivity contribution < 1.29 is 13.2 Å². The maximum Gasteiger partial charge on any atom is 0.266 e. The molecule has 0 radical (unpaired) electrons. The van der Waals surface area contributed by atoms with Crippen molar-refractivity contribution in [3.63, 3.8) is 0 Å². The van der Waals surface area contributed by atoms with Gasteiger partial charge in [0.2, 0.25) is 10.0 Å². The number of nitrogens with zero attached hydrogens (tertiary/aromatic N) is 3. The molecule has 2 heterocycles. The summed E-state index contributed by atoms with van der Waals surface area (Å²) < 4.78 is 28.2. The molecule has 1 saturated heterocycles. The van der Waals surface area contributed by atoms with Crippen LogP contribution in [0.5, 0.6) is 0 Å². The molecule has 6 nitrogen and oxygen atoms in total. The monoisotopic (exact) mass is 405 g/mol. The highest BCUT2D eigenvalue weighted by molar-refractivity contribution is 7.88. The van der Waals surface area contributed by atoms with Gasteiger partial charge in [-0.15, -0.1) is 6.42 Å². The van der Waals surface area contributed by atoms with Crippen LogP contribution in [-0.4, -0.2) is 42.0 Å². The quantitative estimate of drug-likeness (QED) is 0.732. The van der Waals surface area contributed by atoms with Gasteiger partial charge in [0.25, 0.3) is 5.91 Å². The fraction of sp³-hybridized carbons (Fsp3) is 0.474. The third-order valence-corrected chi connectivity index (χ3v) is 7.11. The van der Waals surface area contributed by atoms with E-state index in [0.717, 1.165) is 35.7 Å². The van der Waals surface area contributed by atoms with Gasteiger partial charge in [-0.1, -0.05) is 36.7 Å². The Morgan fingerprint density at radius 3 is 2.85 bits per heavy atom. The lowest BCUT2D eigenvalue weighted by Gasteiger charge is -2.31. The molecule has 3 rings (SSSR count). The van der Waals surface area contributed by atoms with Gasteiger partial charge in [-0.2, -0.15) is 9.30 Å².